The van der Waals surface area contributed by atoms with Crippen molar-refractivity contribution >= 4 is 40.5 Å². The van der Waals surface area contributed by atoms with Crippen LogP contribution in [0.25, 0.3) is 39.5 Å². The van der Waals surface area contributed by atoms with Crippen LogP contribution in [0.1, 0.15) is 40.9 Å². The molecule has 294 valence electrons. The van der Waals surface area contributed by atoms with Crippen LogP contribution in [0.4, 0.5) is 5.69 Å². The Morgan fingerprint density at radius 2 is 1.57 bits per heavy atom. The standard InChI is InChI=1S/C43H48N4O9/c1-5-44-34-24-38-32(21-27(34)3)42(33-22-28(4)35(45-6-2)25-39(33)56-38)30-9-7-8-10-31(30)43(52)55-26-41(51)47-16-18-54-20-19-53-17-15-46-40(50)14-12-29-11-13-36(48)37(49)23-29/h7-14,21-25,44,48-49H,5-6,15-20,26H2,1-4H3,(H,46,50)(H,47,51)/b14-12+,45-35+. The molecule has 13 nitrogen and oxygen atoms in total. The molecule has 0 unspecified atom stereocenters. The van der Waals surface area contributed by atoms with Gasteiger partial charge >= 0.3 is 5.97 Å². The largest absolute Gasteiger partial charge is 0.504 e. The Morgan fingerprint density at radius 3 is 2.30 bits per heavy atom. The van der Waals surface area contributed by atoms with Gasteiger partial charge in [0, 0.05) is 66.6 Å². The Morgan fingerprint density at radius 1 is 0.821 bits per heavy atom. The molecule has 56 heavy (non-hydrogen) atoms. The minimum atomic E-state index is -0.633. The van der Waals surface area contributed by atoms with Crippen molar-refractivity contribution in [2.45, 2.75) is 27.7 Å². The number of nitrogens with zero attached hydrogens (tertiary/aromatic N) is 1. The van der Waals surface area contributed by atoms with Gasteiger partial charge in [-0.1, -0.05) is 24.3 Å². The number of phenols is 2. The highest BCUT2D eigenvalue weighted by molar-refractivity contribution is 6.08. The van der Waals surface area contributed by atoms with Crippen LogP contribution in [0.5, 0.6) is 11.5 Å². The van der Waals surface area contributed by atoms with E-state index in [4.69, 9.17) is 18.6 Å². The molecule has 0 aromatic heterocycles. The van der Waals surface area contributed by atoms with Gasteiger partial charge in [-0.3, -0.25) is 14.6 Å². The molecule has 0 spiro atoms. The molecule has 13 heteroatoms. The summed E-state index contributed by atoms with van der Waals surface area (Å²) in [5.74, 6) is -1.30. The number of carbonyl (C=O) groups excluding carboxylic acids is 3. The Kier molecular flexibility index (Phi) is 14.6. The zero-order chi connectivity index (χ0) is 40.0. The molecule has 3 aromatic carbocycles. The summed E-state index contributed by atoms with van der Waals surface area (Å²) in [5.41, 5.74) is 6.80. The quantitative estimate of drug-likeness (QED) is 0.0244. The molecule has 0 saturated heterocycles. The fourth-order valence-corrected chi connectivity index (χ4v) is 6.05. The number of fused-ring (bicyclic) bond motifs is 2. The van der Waals surface area contributed by atoms with Gasteiger partial charge in [0.1, 0.15) is 11.3 Å². The van der Waals surface area contributed by atoms with E-state index in [0.717, 1.165) is 45.2 Å². The molecule has 0 fully saturated rings. The minimum absolute atomic E-state index is 0.208. The number of rotatable bonds is 18. The highest BCUT2D eigenvalue weighted by Gasteiger charge is 2.24. The highest BCUT2D eigenvalue weighted by Crippen LogP contribution is 2.43. The lowest BCUT2D eigenvalue weighted by Gasteiger charge is -2.19. The van der Waals surface area contributed by atoms with Crippen LogP contribution >= 0.6 is 0 Å². The summed E-state index contributed by atoms with van der Waals surface area (Å²) in [6.07, 6.45) is 2.83. The first-order valence-electron chi connectivity index (χ1n) is 18.5. The SMILES string of the molecule is CC/N=c1\cc2oc3cc(NCC)c(C)cc3c(-c3ccccc3C(=O)OCC(=O)NCCOCCOCCNC(=O)/C=C/c3ccc(O)c(O)c3)c-2cc1C. The van der Waals surface area contributed by atoms with Crippen LogP contribution in [0, 0.1) is 13.8 Å². The number of ether oxygens (including phenoxy) is 3. The average Bonchev–Trinajstić information content (AvgIpc) is 3.18. The molecule has 5 rings (SSSR count). The molecule has 1 heterocycles. The predicted molar refractivity (Wildman–Crippen MR) is 215 cm³/mol. The number of hydrogen-bond acceptors (Lipinski definition) is 11. The third kappa shape index (κ3) is 10.7. The van der Waals surface area contributed by atoms with Crippen molar-refractivity contribution in [3.05, 3.63) is 100 Å². The topological polar surface area (TPSA) is 181 Å². The number of anilines is 1. The number of amides is 2. The fourth-order valence-electron chi connectivity index (χ4n) is 6.05. The summed E-state index contributed by atoms with van der Waals surface area (Å²) in [6, 6.07) is 19.5. The first-order valence-corrected chi connectivity index (χ1v) is 18.5. The van der Waals surface area contributed by atoms with Gasteiger partial charge in [-0.15, -0.1) is 0 Å². The molecule has 1 aliphatic heterocycles. The van der Waals surface area contributed by atoms with E-state index in [-0.39, 0.29) is 56.9 Å². The van der Waals surface area contributed by atoms with Crippen molar-refractivity contribution < 1.29 is 43.2 Å². The Bertz CT molecular complexity index is 2250. The van der Waals surface area contributed by atoms with Gasteiger partial charge in [0.25, 0.3) is 5.91 Å². The van der Waals surface area contributed by atoms with Gasteiger partial charge < -0.3 is 44.8 Å². The predicted octanol–water partition coefficient (Wildman–Crippen LogP) is 5.72. The Balaban J connectivity index is 1.11. The number of hydrogen-bond donors (Lipinski definition) is 5. The Labute approximate surface area is 325 Å². The highest BCUT2D eigenvalue weighted by atomic mass is 16.5. The van der Waals surface area contributed by atoms with Crippen molar-refractivity contribution in [2.24, 2.45) is 4.99 Å². The lowest BCUT2D eigenvalue weighted by Crippen LogP contribution is -2.32. The molecule has 0 atom stereocenters. The number of esters is 1. The second-order valence-electron chi connectivity index (χ2n) is 12.8. The molecule has 2 amide bonds. The second-order valence-corrected chi connectivity index (χ2v) is 12.8. The van der Waals surface area contributed by atoms with E-state index in [9.17, 15) is 24.6 Å². The number of benzene rings is 4. The van der Waals surface area contributed by atoms with Gasteiger partial charge in [0.05, 0.1) is 37.3 Å². The maximum absolute atomic E-state index is 13.6. The van der Waals surface area contributed by atoms with E-state index in [0.29, 0.717) is 34.6 Å². The minimum Gasteiger partial charge on any atom is -0.504 e. The number of nitrogens with one attached hydrogen (secondary N) is 3. The molecule has 5 N–H and O–H groups in total. The van der Waals surface area contributed by atoms with Gasteiger partial charge in [0.2, 0.25) is 5.91 Å². The van der Waals surface area contributed by atoms with Crippen LogP contribution in [-0.2, 0) is 23.8 Å². The summed E-state index contributed by atoms with van der Waals surface area (Å²) < 4.78 is 22.9. The summed E-state index contributed by atoms with van der Waals surface area (Å²) >= 11 is 0. The lowest BCUT2D eigenvalue weighted by atomic mass is 9.89. The van der Waals surface area contributed by atoms with Crippen LogP contribution < -0.4 is 21.3 Å². The maximum Gasteiger partial charge on any atom is 0.339 e. The van der Waals surface area contributed by atoms with Crippen LogP contribution in [-0.4, -0.2) is 87.2 Å². The molecular formula is C43H48N4O9. The van der Waals surface area contributed by atoms with E-state index in [1.807, 2.05) is 58.0 Å². The number of phenolic OH excluding ortho intramolecular Hbond substituents is 2. The van der Waals surface area contributed by atoms with Crippen molar-refractivity contribution in [2.75, 3.05) is 64.5 Å². The lowest BCUT2D eigenvalue weighted by molar-refractivity contribution is -0.124. The summed E-state index contributed by atoms with van der Waals surface area (Å²) in [6.45, 7) is 10.5. The molecule has 0 bridgehead atoms. The van der Waals surface area contributed by atoms with E-state index >= 15 is 0 Å². The number of carbonyl (C=O) groups is 3. The molecule has 0 saturated carbocycles. The molecule has 1 aliphatic carbocycles. The van der Waals surface area contributed by atoms with Gasteiger partial charge in [-0.05, 0) is 86.4 Å². The Hall–Kier alpha value is -6.18. The van der Waals surface area contributed by atoms with E-state index in [2.05, 4.69) is 27.0 Å². The van der Waals surface area contributed by atoms with Crippen molar-refractivity contribution in [3.8, 4) is 33.9 Å². The van der Waals surface area contributed by atoms with Gasteiger partial charge in [0.15, 0.2) is 18.1 Å². The number of aryl methyl sites for hydroxylation is 2. The van der Waals surface area contributed by atoms with E-state index in [1.54, 1.807) is 18.2 Å². The van der Waals surface area contributed by atoms with Crippen LogP contribution in [0.3, 0.4) is 0 Å². The van der Waals surface area contributed by atoms with Crippen molar-refractivity contribution in [1.29, 1.82) is 0 Å². The van der Waals surface area contributed by atoms with E-state index < -0.39 is 18.5 Å². The van der Waals surface area contributed by atoms with Gasteiger partial charge in [-0.25, -0.2) is 4.79 Å². The van der Waals surface area contributed by atoms with Crippen LogP contribution in [0.15, 0.2) is 82.2 Å². The molecule has 2 aliphatic rings. The van der Waals surface area contributed by atoms with Crippen LogP contribution in [0.2, 0.25) is 0 Å². The van der Waals surface area contributed by atoms with Crippen molar-refractivity contribution in [3.63, 3.8) is 0 Å². The molecule has 3 aromatic rings. The zero-order valence-electron chi connectivity index (χ0n) is 32.1. The van der Waals surface area contributed by atoms with Gasteiger partial charge in [-0.2, -0.15) is 0 Å². The summed E-state index contributed by atoms with van der Waals surface area (Å²) in [4.78, 5) is 42.8. The summed E-state index contributed by atoms with van der Waals surface area (Å²) in [7, 11) is 0. The average molecular weight is 765 g/mol. The third-order valence-corrected chi connectivity index (χ3v) is 8.74. The zero-order valence-corrected chi connectivity index (χ0v) is 32.1. The monoisotopic (exact) mass is 764 g/mol. The maximum atomic E-state index is 13.6. The normalized spacial score (nSPS) is 11.7. The summed E-state index contributed by atoms with van der Waals surface area (Å²) in [5, 5.41) is 29.3. The first-order chi connectivity index (χ1) is 27.1. The molecular weight excluding hydrogens is 716 g/mol. The third-order valence-electron chi connectivity index (χ3n) is 8.74. The smallest absolute Gasteiger partial charge is 0.339 e. The first kappa shape index (κ1) is 41.0. The van der Waals surface area contributed by atoms with Crippen molar-refractivity contribution in [1.82, 2.24) is 10.6 Å². The fraction of sp³-hybridized carbons (Fsp3) is 0.302. The van der Waals surface area contributed by atoms with E-state index in [1.165, 1.54) is 24.3 Å². The molecule has 0 radical (unpaired) electrons. The number of aromatic hydroxyl groups is 2. The second kappa shape index (κ2) is 19.9.